The van der Waals surface area contributed by atoms with E-state index in [0.717, 1.165) is 10.8 Å². The normalized spacial score (nSPS) is 10.2. The van der Waals surface area contributed by atoms with Crippen LogP contribution in [0.5, 0.6) is 5.75 Å². The van der Waals surface area contributed by atoms with Crippen molar-refractivity contribution in [3.8, 4) is 5.75 Å². The minimum Gasteiger partial charge on any atom is -0.484 e. The van der Waals surface area contributed by atoms with Gasteiger partial charge in [-0.1, -0.05) is 37.3 Å². The molecule has 0 atom stereocenters. The molecule has 0 saturated carbocycles. The van der Waals surface area contributed by atoms with E-state index in [2.05, 4.69) is 16.0 Å². The molecule has 0 spiro atoms. The Hall–Kier alpha value is -3.45. The van der Waals surface area contributed by atoms with Gasteiger partial charge in [0.2, 0.25) is 5.91 Å². The second-order valence-corrected chi connectivity index (χ2v) is 6.69. The lowest BCUT2D eigenvalue weighted by Crippen LogP contribution is -2.33. The summed E-state index contributed by atoms with van der Waals surface area (Å²) in [4.78, 5) is 23.5. The van der Waals surface area contributed by atoms with Gasteiger partial charge in [0.1, 0.15) is 5.75 Å². The summed E-state index contributed by atoms with van der Waals surface area (Å²) in [5.74, 6) is 0.225. The molecule has 0 radical (unpaired) electrons. The van der Waals surface area contributed by atoms with E-state index in [0.29, 0.717) is 23.5 Å². The molecule has 7 heteroatoms. The van der Waals surface area contributed by atoms with Gasteiger partial charge in [0.05, 0.1) is 0 Å². The van der Waals surface area contributed by atoms with Crippen LogP contribution in [0.1, 0.15) is 13.3 Å². The highest BCUT2D eigenvalue weighted by Crippen LogP contribution is 2.20. The van der Waals surface area contributed by atoms with Crippen LogP contribution >= 0.6 is 12.2 Å². The number of amides is 2. The SMILES string of the molecule is CCC(=O)NC(=S)Nc1ccc(NC(=O)COc2ccc3ccccc3c2)cc1. The predicted molar refractivity (Wildman–Crippen MR) is 119 cm³/mol. The molecule has 3 aromatic carbocycles. The van der Waals surface area contributed by atoms with E-state index >= 15 is 0 Å². The van der Waals surface area contributed by atoms with Crippen LogP contribution in [0.2, 0.25) is 0 Å². The maximum atomic E-state index is 12.1. The maximum absolute atomic E-state index is 12.1. The topological polar surface area (TPSA) is 79.5 Å². The Morgan fingerprint density at radius 1 is 0.862 bits per heavy atom. The molecule has 3 rings (SSSR count). The number of anilines is 2. The lowest BCUT2D eigenvalue weighted by Gasteiger charge is -2.11. The van der Waals surface area contributed by atoms with Crippen LogP contribution < -0.4 is 20.7 Å². The Balaban J connectivity index is 1.49. The second-order valence-electron chi connectivity index (χ2n) is 6.28. The van der Waals surface area contributed by atoms with E-state index in [4.69, 9.17) is 17.0 Å². The van der Waals surface area contributed by atoms with Crippen LogP contribution in [0.25, 0.3) is 10.8 Å². The number of carbonyl (C=O) groups excluding carboxylic acids is 2. The molecular weight excluding hydrogens is 386 g/mol. The molecule has 0 aliphatic heterocycles. The Bertz CT molecular complexity index is 1030. The quantitative estimate of drug-likeness (QED) is 0.537. The van der Waals surface area contributed by atoms with E-state index < -0.39 is 0 Å². The Labute approximate surface area is 174 Å². The zero-order valence-corrected chi connectivity index (χ0v) is 16.7. The first kappa shape index (κ1) is 20.3. The fourth-order valence-electron chi connectivity index (χ4n) is 2.62. The Morgan fingerprint density at radius 3 is 2.21 bits per heavy atom. The van der Waals surface area contributed by atoms with Crippen molar-refractivity contribution in [2.24, 2.45) is 0 Å². The second kappa shape index (κ2) is 9.66. The molecule has 0 bridgehead atoms. The summed E-state index contributed by atoms with van der Waals surface area (Å²) in [6.45, 7) is 1.66. The zero-order valence-electron chi connectivity index (χ0n) is 15.9. The van der Waals surface area contributed by atoms with Gasteiger partial charge in [-0.05, 0) is 59.4 Å². The predicted octanol–water partition coefficient (Wildman–Crippen LogP) is 4.08. The monoisotopic (exact) mass is 407 g/mol. The summed E-state index contributed by atoms with van der Waals surface area (Å²) in [6.07, 6.45) is 0.355. The number of fused-ring (bicyclic) bond motifs is 1. The smallest absolute Gasteiger partial charge is 0.262 e. The van der Waals surface area contributed by atoms with Crippen LogP contribution in [0.4, 0.5) is 11.4 Å². The van der Waals surface area contributed by atoms with Crippen molar-refractivity contribution in [2.45, 2.75) is 13.3 Å². The molecule has 3 aromatic rings. The van der Waals surface area contributed by atoms with Gasteiger partial charge in [-0.2, -0.15) is 0 Å². The highest BCUT2D eigenvalue weighted by Gasteiger charge is 2.06. The van der Waals surface area contributed by atoms with Gasteiger partial charge in [-0.25, -0.2) is 0 Å². The molecule has 0 unspecified atom stereocenters. The van der Waals surface area contributed by atoms with Gasteiger partial charge >= 0.3 is 0 Å². The van der Waals surface area contributed by atoms with Crippen molar-refractivity contribution in [2.75, 3.05) is 17.2 Å². The molecule has 2 amide bonds. The van der Waals surface area contributed by atoms with Crippen LogP contribution in [-0.4, -0.2) is 23.5 Å². The van der Waals surface area contributed by atoms with Crippen molar-refractivity contribution < 1.29 is 14.3 Å². The van der Waals surface area contributed by atoms with Crippen molar-refractivity contribution >= 4 is 51.3 Å². The first-order chi connectivity index (χ1) is 14.0. The molecular formula is C22H21N3O3S. The number of benzene rings is 3. The van der Waals surface area contributed by atoms with E-state index in [-0.39, 0.29) is 23.5 Å². The third-order valence-corrected chi connectivity index (χ3v) is 4.30. The summed E-state index contributed by atoms with van der Waals surface area (Å²) in [6, 6.07) is 20.6. The third kappa shape index (κ3) is 6.02. The number of hydrogen-bond acceptors (Lipinski definition) is 4. The lowest BCUT2D eigenvalue weighted by molar-refractivity contribution is -0.119. The summed E-state index contributed by atoms with van der Waals surface area (Å²) in [5.41, 5.74) is 1.34. The standard InChI is InChI=1S/C22H21N3O3S/c1-2-20(26)25-22(29)24-18-10-8-17(9-11-18)23-21(27)14-28-19-12-7-15-5-3-4-6-16(15)13-19/h3-13H,2,14H2,1H3,(H,23,27)(H2,24,25,26,29). The molecule has 0 aliphatic rings. The van der Waals surface area contributed by atoms with Gasteiger partial charge in [-0.15, -0.1) is 0 Å². The summed E-state index contributed by atoms with van der Waals surface area (Å²) in [7, 11) is 0. The number of hydrogen-bond donors (Lipinski definition) is 3. The van der Waals surface area contributed by atoms with Crippen LogP contribution in [-0.2, 0) is 9.59 Å². The molecule has 0 fully saturated rings. The van der Waals surface area contributed by atoms with Crippen molar-refractivity contribution in [1.82, 2.24) is 5.32 Å². The Kier molecular flexibility index (Phi) is 6.76. The summed E-state index contributed by atoms with van der Waals surface area (Å²) >= 11 is 5.06. The van der Waals surface area contributed by atoms with E-state index in [1.54, 1.807) is 31.2 Å². The fraction of sp³-hybridized carbons (Fsp3) is 0.136. The van der Waals surface area contributed by atoms with Crippen molar-refractivity contribution in [1.29, 1.82) is 0 Å². The van der Waals surface area contributed by atoms with Crippen LogP contribution in [0.15, 0.2) is 66.7 Å². The van der Waals surface area contributed by atoms with E-state index in [1.165, 1.54) is 0 Å². The van der Waals surface area contributed by atoms with Gasteiger partial charge < -0.3 is 20.7 Å². The number of ether oxygens (including phenoxy) is 1. The molecule has 0 heterocycles. The number of thiocarbonyl (C=S) groups is 1. The molecule has 0 aliphatic carbocycles. The fourth-order valence-corrected chi connectivity index (χ4v) is 2.85. The molecule has 6 nitrogen and oxygen atoms in total. The number of rotatable bonds is 6. The van der Waals surface area contributed by atoms with Crippen LogP contribution in [0.3, 0.4) is 0 Å². The molecule has 0 aromatic heterocycles. The number of carbonyl (C=O) groups is 2. The van der Waals surface area contributed by atoms with Crippen LogP contribution in [0, 0.1) is 0 Å². The average Bonchev–Trinajstić information content (AvgIpc) is 2.73. The summed E-state index contributed by atoms with van der Waals surface area (Å²) in [5, 5.41) is 10.7. The highest BCUT2D eigenvalue weighted by molar-refractivity contribution is 7.80. The van der Waals surface area contributed by atoms with Gasteiger partial charge in [0, 0.05) is 17.8 Å². The zero-order chi connectivity index (χ0) is 20.6. The molecule has 3 N–H and O–H groups in total. The lowest BCUT2D eigenvalue weighted by atomic mass is 10.1. The average molecular weight is 407 g/mol. The van der Waals surface area contributed by atoms with Gasteiger partial charge in [0.25, 0.3) is 5.91 Å². The molecule has 148 valence electrons. The minimum atomic E-state index is -0.260. The minimum absolute atomic E-state index is 0.0918. The maximum Gasteiger partial charge on any atom is 0.262 e. The highest BCUT2D eigenvalue weighted by atomic mass is 32.1. The molecule has 0 saturated heterocycles. The van der Waals surface area contributed by atoms with Crippen molar-refractivity contribution in [3.63, 3.8) is 0 Å². The van der Waals surface area contributed by atoms with Crippen molar-refractivity contribution in [3.05, 3.63) is 66.7 Å². The largest absolute Gasteiger partial charge is 0.484 e. The van der Waals surface area contributed by atoms with Gasteiger partial charge in [0.15, 0.2) is 11.7 Å². The summed E-state index contributed by atoms with van der Waals surface area (Å²) < 4.78 is 5.59. The Morgan fingerprint density at radius 2 is 1.52 bits per heavy atom. The molecule has 29 heavy (non-hydrogen) atoms. The van der Waals surface area contributed by atoms with Gasteiger partial charge in [-0.3, -0.25) is 9.59 Å². The van der Waals surface area contributed by atoms with E-state index in [9.17, 15) is 9.59 Å². The number of nitrogens with one attached hydrogen (secondary N) is 3. The van der Waals surface area contributed by atoms with E-state index in [1.807, 2.05) is 42.5 Å². The first-order valence-corrected chi connectivity index (χ1v) is 9.56. The first-order valence-electron chi connectivity index (χ1n) is 9.16. The third-order valence-electron chi connectivity index (χ3n) is 4.09.